The predicted molar refractivity (Wildman–Crippen MR) is 68.9 cm³/mol. The number of carbonyl (C=O) groups is 1. The second kappa shape index (κ2) is 4.85. The normalized spacial score (nSPS) is 16.2. The Bertz CT molecular complexity index is 431. The van der Waals surface area contributed by atoms with Crippen molar-refractivity contribution in [2.75, 3.05) is 18.5 Å². The summed E-state index contributed by atoms with van der Waals surface area (Å²) in [5.74, 6) is 0.152. The Morgan fingerprint density at radius 3 is 2.94 bits per heavy atom. The molecule has 0 fully saturated rings. The van der Waals surface area contributed by atoms with Gasteiger partial charge in [-0.05, 0) is 31.2 Å². The summed E-state index contributed by atoms with van der Waals surface area (Å²) in [7, 11) is 1.92. The van der Waals surface area contributed by atoms with Crippen LogP contribution >= 0.6 is 0 Å². The lowest BCUT2D eigenvalue weighted by Crippen LogP contribution is -2.40. The van der Waals surface area contributed by atoms with Crippen LogP contribution in [0, 0.1) is 0 Å². The molecule has 1 aromatic rings. The summed E-state index contributed by atoms with van der Waals surface area (Å²) < 4.78 is 0. The molecule has 17 heavy (non-hydrogen) atoms. The molecule has 1 unspecified atom stereocenters. The third-order valence-corrected chi connectivity index (χ3v) is 3.18. The fourth-order valence-electron chi connectivity index (χ4n) is 2.30. The minimum Gasteiger partial charge on any atom is -0.328 e. The van der Waals surface area contributed by atoms with E-state index in [9.17, 15) is 4.79 Å². The van der Waals surface area contributed by atoms with Crippen molar-refractivity contribution in [3.05, 3.63) is 29.3 Å². The Hall–Kier alpha value is -1.39. The van der Waals surface area contributed by atoms with Gasteiger partial charge in [0.1, 0.15) is 0 Å². The van der Waals surface area contributed by atoms with Crippen LogP contribution in [0.2, 0.25) is 0 Å². The first-order valence-corrected chi connectivity index (χ1v) is 5.96. The van der Waals surface area contributed by atoms with Gasteiger partial charge < -0.3 is 16.0 Å². The van der Waals surface area contributed by atoms with Gasteiger partial charge in [-0.1, -0.05) is 12.1 Å². The predicted octanol–water partition coefficient (Wildman–Crippen LogP) is 0.642. The maximum absolute atomic E-state index is 12.0. The third kappa shape index (κ3) is 2.18. The van der Waals surface area contributed by atoms with E-state index in [2.05, 4.69) is 17.4 Å². The van der Waals surface area contributed by atoms with Crippen molar-refractivity contribution >= 4 is 11.6 Å². The molecule has 1 aliphatic rings. The zero-order valence-electron chi connectivity index (χ0n) is 10.4. The van der Waals surface area contributed by atoms with Crippen LogP contribution in [-0.4, -0.2) is 25.5 Å². The van der Waals surface area contributed by atoms with Crippen molar-refractivity contribution < 1.29 is 4.79 Å². The number of fused-ring (bicyclic) bond motifs is 1. The van der Waals surface area contributed by atoms with Crippen LogP contribution in [0.3, 0.4) is 0 Å². The van der Waals surface area contributed by atoms with E-state index < -0.39 is 0 Å². The Morgan fingerprint density at radius 2 is 2.29 bits per heavy atom. The number of hydrogen-bond donors (Lipinski definition) is 2. The zero-order valence-corrected chi connectivity index (χ0v) is 10.4. The summed E-state index contributed by atoms with van der Waals surface area (Å²) >= 11 is 0. The second-order valence-corrected chi connectivity index (χ2v) is 4.52. The zero-order chi connectivity index (χ0) is 12.4. The van der Waals surface area contributed by atoms with Gasteiger partial charge in [-0.15, -0.1) is 0 Å². The van der Waals surface area contributed by atoms with Gasteiger partial charge in [0, 0.05) is 24.8 Å². The van der Waals surface area contributed by atoms with Gasteiger partial charge in [0.25, 0.3) is 0 Å². The minimum atomic E-state index is 0.0684. The number of nitrogens with zero attached hydrogens (tertiary/aromatic N) is 1. The average Bonchev–Trinajstić information content (AvgIpc) is 2.64. The van der Waals surface area contributed by atoms with Gasteiger partial charge in [-0.2, -0.15) is 0 Å². The summed E-state index contributed by atoms with van der Waals surface area (Å²) in [5, 5.41) is 3.11. The first-order valence-electron chi connectivity index (χ1n) is 5.96. The van der Waals surface area contributed by atoms with Crippen molar-refractivity contribution in [2.24, 2.45) is 5.73 Å². The first kappa shape index (κ1) is 12.1. The SMILES string of the molecule is CNCc1ccc2c(c1)CC(=O)N2C(C)CN. The fraction of sp³-hybridized carbons (Fsp3) is 0.462. The summed E-state index contributed by atoms with van der Waals surface area (Å²) in [6, 6.07) is 6.26. The van der Waals surface area contributed by atoms with Crippen LogP contribution in [0.5, 0.6) is 0 Å². The van der Waals surface area contributed by atoms with E-state index in [1.165, 1.54) is 5.56 Å². The van der Waals surface area contributed by atoms with Crippen molar-refractivity contribution in [2.45, 2.75) is 25.9 Å². The first-order chi connectivity index (χ1) is 8.17. The molecule has 1 aromatic carbocycles. The van der Waals surface area contributed by atoms with Crippen LogP contribution in [-0.2, 0) is 17.8 Å². The Balaban J connectivity index is 2.32. The Morgan fingerprint density at radius 1 is 1.53 bits per heavy atom. The van der Waals surface area contributed by atoms with E-state index in [0.717, 1.165) is 17.8 Å². The molecule has 0 saturated carbocycles. The molecule has 1 atom stereocenters. The number of hydrogen-bond acceptors (Lipinski definition) is 3. The maximum Gasteiger partial charge on any atom is 0.231 e. The van der Waals surface area contributed by atoms with Crippen LogP contribution in [0.15, 0.2) is 18.2 Å². The van der Waals surface area contributed by atoms with Gasteiger partial charge >= 0.3 is 0 Å². The quantitative estimate of drug-likeness (QED) is 0.802. The van der Waals surface area contributed by atoms with Crippen LogP contribution in [0.25, 0.3) is 0 Å². The van der Waals surface area contributed by atoms with E-state index in [1.54, 1.807) is 0 Å². The Kier molecular flexibility index (Phi) is 3.45. The van der Waals surface area contributed by atoms with Gasteiger partial charge in [0.15, 0.2) is 0 Å². The molecule has 0 aliphatic carbocycles. The van der Waals surface area contributed by atoms with Crippen LogP contribution in [0.4, 0.5) is 5.69 Å². The molecule has 4 heteroatoms. The van der Waals surface area contributed by atoms with E-state index in [0.29, 0.717) is 13.0 Å². The second-order valence-electron chi connectivity index (χ2n) is 4.52. The fourth-order valence-corrected chi connectivity index (χ4v) is 2.30. The lowest BCUT2D eigenvalue weighted by molar-refractivity contribution is -0.117. The average molecular weight is 233 g/mol. The molecule has 2 rings (SSSR count). The summed E-state index contributed by atoms with van der Waals surface area (Å²) in [6.07, 6.45) is 0.497. The van der Waals surface area contributed by atoms with Gasteiger partial charge in [0.2, 0.25) is 5.91 Å². The monoisotopic (exact) mass is 233 g/mol. The van der Waals surface area contributed by atoms with E-state index in [1.807, 2.05) is 24.9 Å². The summed E-state index contributed by atoms with van der Waals surface area (Å²) in [4.78, 5) is 13.8. The van der Waals surface area contributed by atoms with Crippen molar-refractivity contribution in [1.82, 2.24) is 5.32 Å². The smallest absolute Gasteiger partial charge is 0.231 e. The van der Waals surface area contributed by atoms with Crippen molar-refractivity contribution in [3.63, 3.8) is 0 Å². The molecule has 92 valence electrons. The molecule has 3 N–H and O–H groups in total. The van der Waals surface area contributed by atoms with Gasteiger partial charge in [0.05, 0.1) is 6.42 Å². The third-order valence-electron chi connectivity index (χ3n) is 3.18. The maximum atomic E-state index is 12.0. The number of carbonyl (C=O) groups excluding carboxylic acids is 1. The topological polar surface area (TPSA) is 58.4 Å². The molecule has 4 nitrogen and oxygen atoms in total. The molecule has 0 bridgehead atoms. The molecule has 0 spiro atoms. The number of amides is 1. The summed E-state index contributed by atoms with van der Waals surface area (Å²) in [5.41, 5.74) is 8.99. The standard InChI is InChI=1S/C13H19N3O/c1-9(7-14)16-12-4-3-10(8-15-2)5-11(12)6-13(16)17/h3-5,9,15H,6-8,14H2,1-2H3. The van der Waals surface area contributed by atoms with E-state index >= 15 is 0 Å². The van der Waals surface area contributed by atoms with E-state index in [-0.39, 0.29) is 11.9 Å². The van der Waals surface area contributed by atoms with Crippen LogP contribution in [0.1, 0.15) is 18.1 Å². The number of benzene rings is 1. The molecule has 0 saturated heterocycles. The highest BCUT2D eigenvalue weighted by Crippen LogP contribution is 2.31. The number of nitrogens with one attached hydrogen (secondary N) is 1. The molecular weight excluding hydrogens is 214 g/mol. The molecule has 0 radical (unpaired) electrons. The Labute approximate surface area is 102 Å². The number of nitrogens with two attached hydrogens (primary N) is 1. The number of rotatable bonds is 4. The number of anilines is 1. The lowest BCUT2D eigenvalue weighted by atomic mass is 10.1. The van der Waals surface area contributed by atoms with Gasteiger partial charge in [-0.25, -0.2) is 0 Å². The molecule has 1 amide bonds. The van der Waals surface area contributed by atoms with Gasteiger partial charge in [-0.3, -0.25) is 4.79 Å². The largest absolute Gasteiger partial charge is 0.328 e. The molecule has 0 aromatic heterocycles. The molecule has 1 aliphatic heterocycles. The molecular formula is C13H19N3O. The van der Waals surface area contributed by atoms with Crippen molar-refractivity contribution in [3.8, 4) is 0 Å². The highest BCUT2D eigenvalue weighted by atomic mass is 16.2. The van der Waals surface area contributed by atoms with Crippen molar-refractivity contribution in [1.29, 1.82) is 0 Å². The van der Waals surface area contributed by atoms with E-state index in [4.69, 9.17) is 5.73 Å². The van der Waals surface area contributed by atoms with Crippen LogP contribution < -0.4 is 16.0 Å². The highest BCUT2D eigenvalue weighted by molar-refractivity contribution is 6.01. The highest BCUT2D eigenvalue weighted by Gasteiger charge is 2.30. The summed E-state index contributed by atoms with van der Waals surface area (Å²) in [6.45, 7) is 3.30. The molecule has 1 heterocycles. The minimum absolute atomic E-state index is 0.0684. The lowest BCUT2D eigenvalue weighted by Gasteiger charge is -2.24.